The van der Waals surface area contributed by atoms with Crippen molar-refractivity contribution >= 4 is 109 Å². The predicted molar refractivity (Wildman–Crippen MR) is 235 cm³/mol. The van der Waals surface area contributed by atoms with Gasteiger partial charge in [-0.3, -0.25) is 4.55 Å². The number of nitrogen functional groups attached to an aromatic ring is 4. The Labute approximate surface area is 453 Å². The first-order valence-corrected chi connectivity index (χ1v) is 22.4. The van der Waals surface area contributed by atoms with Crippen molar-refractivity contribution in [1.29, 1.82) is 0 Å². The minimum absolute atomic E-state index is 0. The third-order valence-corrected chi connectivity index (χ3v) is 11.7. The van der Waals surface area contributed by atoms with Gasteiger partial charge in [0.05, 0.1) is 49.6 Å². The summed E-state index contributed by atoms with van der Waals surface area (Å²) in [6, 6.07) is 26.6. The fourth-order valence-electron chi connectivity index (χ4n) is 5.93. The zero-order chi connectivity index (χ0) is 46.8. The molecule has 0 aliphatic rings. The van der Waals surface area contributed by atoms with Gasteiger partial charge in [0.2, 0.25) is 0 Å². The molecule has 22 nitrogen and oxygen atoms in total. The molecule has 0 saturated carbocycles. The van der Waals surface area contributed by atoms with Crippen LogP contribution >= 0.6 is 0 Å². The van der Waals surface area contributed by atoms with Gasteiger partial charge in [-0.25, -0.2) is 16.8 Å². The molecule has 0 aromatic heterocycles. The van der Waals surface area contributed by atoms with E-state index in [1.807, 2.05) is 0 Å². The van der Waals surface area contributed by atoms with Crippen molar-refractivity contribution in [2.24, 2.45) is 40.9 Å². The summed E-state index contributed by atoms with van der Waals surface area (Å²) >= 11 is 0. The van der Waals surface area contributed by atoms with Crippen LogP contribution in [0.4, 0.5) is 68.2 Å². The molecule has 0 radical (unpaired) electrons. The molecule has 0 bridgehead atoms. The van der Waals surface area contributed by atoms with Crippen LogP contribution in [0.2, 0.25) is 0 Å². The number of fused-ring (bicyclic) bond motifs is 1. The number of nitrogens with zero attached hydrogens (tertiary/aromatic N) is 8. The average Bonchev–Trinajstić information content (AvgIpc) is 3.24. The first-order valence-electron chi connectivity index (χ1n) is 18.2. The number of benzene rings is 7. The van der Waals surface area contributed by atoms with Crippen molar-refractivity contribution in [3.63, 3.8) is 0 Å². The van der Waals surface area contributed by atoms with Crippen LogP contribution in [0.5, 0.6) is 5.75 Å². The summed E-state index contributed by atoms with van der Waals surface area (Å²) in [6.07, 6.45) is 0. The van der Waals surface area contributed by atoms with Gasteiger partial charge in [-0.05, 0) is 119 Å². The van der Waals surface area contributed by atoms with E-state index in [0.29, 0.717) is 16.9 Å². The Morgan fingerprint density at radius 1 is 0.441 bits per heavy atom. The average molecular weight is 1000 g/mol. The van der Waals surface area contributed by atoms with Crippen LogP contribution in [0, 0.1) is 0 Å². The molecule has 28 heteroatoms. The summed E-state index contributed by atoms with van der Waals surface area (Å²) in [6.45, 7) is 0. The van der Waals surface area contributed by atoms with Crippen LogP contribution < -0.4 is 117 Å². The van der Waals surface area contributed by atoms with E-state index in [0.717, 1.165) is 24.3 Å². The van der Waals surface area contributed by atoms with Crippen LogP contribution in [-0.2, 0) is 30.4 Å². The Morgan fingerprint density at radius 3 is 1.53 bits per heavy atom. The molecule has 330 valence electrons. The Kier molecular flexibility index (Phi) is 18.4. The first-order chi connectivity index (χ1) is 30.6. The van der Waals surface area contributed by atoms with Gasteiger partial charge in [-0.1, -0.05) is 30.0 Å². The van der Waals surface area contributed by atoms with Gasteiger partial charge in [0, 0.05) is 5.69 Å². The number of hydrogen-bond donors (Lipinski definition) is 5. The quantitative estimate of drug-likeness (QED) is 0.0452. The second-order valence-electron chi connectivity index (χ2n) is 13.7. The molecule has 0 fully saturated rings. The second-order valence-corrected chi connectivity index (χ2v) is 17.8. The van der Waals surface area contributed by atoms with E-state index in [9.17, 15) is 44.0 Å². The number of hydrogen-bond acceptors (Lipinski definition) is 21. The van der Waals surface area contributed by atoms with E-state index >= 15 is 0 Å². The Balaban J connectivity index is 0.00000336. The van der Waals surface area contributed by atoms with Crippen LogP contribution in [-0.4, -0.2) is 38.9 Å². The molecule has 0 aliphatic carbocycles. The maximum atomic E-state index is 13.6. The summed E-state index contributed by atoms with van der Waals surface area (Å²) in [5, 5.41) is 45.8. The molecule has 0 saturated heterocycles. The van der Waals surface area contributed by atoms with Crippen LogP contribution in [0.15, 0.2) is 177 Å². The van der Waals surface area contributed by atoms with E-state index in [1.54, 1.807) is 12.1 Å². The van der Waals surface area contributed by atoms with Gasteiger partial charge in [0.15, 0.2) is 0 Å². The van der Waals surface area contributed by atoms with Crippen LogP contribution in [0.3, 0.4) is 0 Å². The van der Waals surface area contributed by atoms with Crippen LogP contribution in [0.25, 0.3) is 21.9 Å². The Hall–Kier alpha value is -5.07. The minimum Gasteiger partial charge on any atom is -0.871 e. The summed E-state index contributed by atoms with van der Waals surface area (Å²) in [5.41, 5.74) is 24.9. The maximum Gasteiger partial charge on any atom is 1.00 e. The largest absolute Gasteiger partial charge is 1.00 e. The molecule has 68 heavy (non-hydrogen) atoms. The van der Waals surface area contributed by atoms with E-state index in [2.05, 4.69) is 40.9 Å². The van der Waals surface area contributed by atoms with Gasteiger partial charge in [0.25, 0.3) is 10.1 Å². The Bertz CT molecular complexity index is 3530. The first kappa shape index (κ1) is 55.5. The minimum atomic E-state index is -5.15. The van der Waals surface area contributed by atoms with E-state index < -0.39 is 56.5 Å². The molecule has 0 aliphatic heterocycles. The molecule has 0 amide bonds. The van der Waals surface area contributed by atoms with Crippen molar-refractivity contribution in [3.8, 4) is 16.9 Å². The summed E-state index contributed by atoms with van der Waals surface area (Å²) in [5.74, 6) is -0.893. The number of rotatable bonds is 12. The molecule has 9 N–H and O–H groups in total. The van der Waals surface area contributed by atoms with E-state index in [1.165, 1.54) is 84.9 Å². The molecule has 0 spiro atoms. The molecular formula is C40H29N12Na3O10S3. The molecule has 7 aromatic carbocycles. The number of azo groups is 4. The summed E-state index contributed by atoms with van der Waals surface area (Å²) < 4.78 is 106. The van der Waals surface area contributed by atoms with Crippen molar-refractivity contribution in [2.45, 2.75) is 14.7 Å². The molecular weight excluding hydrogens is 974 g/mol. The van der Waals surface area contributed by atoms with Crippen LogP contribution in [0.1, 0.15) is 0 Å². The summed E-state index contributed by atoms with van der Waals surface area (Å²) in [7, 11) is -14.8. The molecule has 0 heterocycles. The van der Waals surface area contributed by atoms with Crippen molar-refractivity contribution < 1.29 is 133 Å². The smallest absolute Gasteiger partial charge is 0.871 e. The fourth-order valence-corrected chi connectivity index (χ4v) is 7.69. The van der Waals surface area contributed by atoms with Crippen molar-refractivity contribution in [2.75, 3.05) is 22.9 Å². The normalized spacial score (nSPS) is 12.1. The number of nitrogens with two attached hydrogens (primary N) is 4. The Morgan fingerprint density at radius 2 is 0.941 bits per heavy atom. The van der Waals surface area contributed by atoms with Crippen molar-refractivity contribution in [3.05, 3.63) is 121 Å². The molecule has 0 atom stereocenters. The number of anilines is 4. The molecule has 0 unspecified atom stereocenters. The van der Waals surface area contributed by atoms with E-state index in [-0.39, 0.29) is 156 Å². The third kappa shape index (κ3) is 13.4. The van der Waals surface area contributed by atoms with Crippen molar-refractivity contribution in [1.82, 2.24) is 0 Å². The zero-order valence-electron chi connectivity index (χ0n) is 35.8. The van der Waals surface area contributed by atoms with Gasteiger partial charge in [0.1, 0.15) is 47.9 Å². The third-order valence-electron chi connectivity index (χ3n) is 9.15. The van der Waals surface area contributed by atoms with E-state index in [4.69, 9.17) is 22.9 Å². The fraction of sp³-hybridized carbons (Fsp3) is 0. The second kappa shape index (κ2) is 22.6. The summed E-state index contributed by atoms with van der Waals surface area (Å²) in [4.78, 5) is -2.00. The van der Waals surface area contributed by atoms with Gasteiger partial charge < -0.3 is 37.1 Å². The van der Waals surface area contributed by atoms with Gasteiger partial charge in [-0.2, -0.15) is 23.8 Å². The van der Waals surface area contributed by atoms with Gasteiger partial charge in [-0.15, -0.1) is 25.6 Å². The molecule has 7 rings (SSSR count). The molecule has 7 aromatic rings. The monoisotopic (exact) mass is 1000 g/mol. The standard InChI is InChI=1S/C40H32N12O10S3.3Na/c41-24-5-14-33(30(42)17-24)48-47-27-8-3-23-16-38(65(60,61)62)39(40(53)29(23)18-27)52-46-25-6-1-21(2-7-25)22-4-13-34(37(15-22)64(57,58)59)49-51-36-20-35(31(43)19-32(36)44)50-45-26-9-11-28(12-10-26)63(54,55)56;;;/h1-20,53H,41-44H2,(H,54,55,56)(H,57,58,59)(H,60,61,62);;;/q;3*+1/p-3. The maximum absolute atomic E-state index is 13.6. The van der Waals surface area contributed by atoms with Gasteiger partial charge >= 0.3 is 88.7 Å². The predicted octanol–water partition coefficient (Wildman–Crippen LogP) is -0.362. The topological polar surface area (TPSA) is 395 Å². The SMILES string of the molecule is Nc1ccc(N=Nc2ccc3cc(S(=O)(=O)O)c(N=Nc4ccc(-c5ccc(N=Nc6cc(N=Nc7ccc(S(=O)(=O)[O-])cc7)c(N)cc6N)c(S(=O)(=O)[O-])c5)cc4)c([O-])c3c2)c(N)c1.[Na+].[Na+].[Na+]. The zero-order valence-corrected chi connectivity index (χ0v) is 44.2.